The summed E-state index contributed by atoms with van der Waals surface area (Å²) in [6.07, 6.45) is -4.64. The maximum Gasteiger partial charge on any atom is 0.497 e. The number of nitrogens with one attached hydrogen (secondary N) is 1. The van der Waals surface area contributed by atoms with Crippen LogP contribution in [-0.4, -0.2) is 34.9 Å². The maximum absolute atomic E-state index is 13.6. The Bertz CT molecular complexity index is 714. The maximum atomic E-state index is 13.6. The van der Waals surface area contributed by atoms with Gasteiger partial charge < -0.3 is 19.4 Å². The molecule has 2 rings (SSSR count). The van der Waals surface area contributed by atoms with E-state index in [0.29, 0.717) is 6.07 Å². The number of hydrogen-bond donors (Lipinski definition) is 1. The van der Waals surface area contributed by atoms with Crippen LogP contribution in [0, 0.1) is 0 Å². The summed E-state index contributed by atoms with van der Waals surface area (Å²) >= 11 is 0. The normalized spacial score (nSPS) is 19.1. The van der Waals surface area contributed by atoms with E-state index in [1.807, 2.05) is 0 Å². The molecule has 0 spiro atoms. The smallest absolute Gasteiger partial charge is 0.399 e. The summed E-state index contributed by atoms with van der Waals surface area (Å²) in [6, 6.07) is 0.669. The van der Waals surface area contributed by atoms with Crippen molar-refractivity contribution in [3.05, 3.63) is 17.8 Å². The van der Waals surface area contributed by atoms with E-state index in [0.717, 1.165) is 6.20 Å². The van der Waals surface area contributed by atoms with Crippen LogP contribution in [0.2, 0.25) is 0 Å². The Labute approximate surface area is 156 Å². The highest BCUT2D eigenvalue weighted by Gasteiger charge is 2.54. The van der Waals surface area contributed by atoms with Crippen LogP contribution in [0.4, 0.5) is 18.0 Å². The van der Waals surface area contributed by atoms with Crippen molar-refractivity contribution in [2.24, 2.45) is 0 Å². The van der Waals surface area contributed by atoms with Crippen LogP contribution in [0.15, 0.2) is 12.3 Å². The van der Waals surface area contributed by atoms with Gasteiger partial charge in [0.15, 0.2) is 0 Å². The summed E-state index contributed by atoms with van der Waals surface area (Å²) in [7, 11) is -1.24. The van der Waals surface area contributed by atoms with E-state index in [2.05, 4.69) is 10.3 Å². The molecule has 1 fully saturated rings. The molecule has 27 heavy (non-hydrogen) atoms. The molecule has 0 aliphatic carbocycles. The van der Waals surface area contributed by atoms with Crippen molar-refractivity contribution >= 4 is 18.7 Å². The number of pyridine rings is 1. The molecule has 1 amide bonds. The molecule has 0 bridgehead atoms. The van der Waals surface area contributed by atoms with Crippen LogP contribution < -0.4 is 15.5 Å². The minimum absolute atomic E-state index is 0.273. The number of aromatic nitrogens is 1. The summed E-state index contributed by atoms with van der Waals surface area (Å²) in [5.41, 5.74) is -3.52. The van der Waals surface area contributed by atoms with Crippen LogP contribution in [0.3, 0.4) is 0 Å². The molecule has 0 unspecified atom stereocenters. The molecule has 1 saturated heterocycles. The Morgan fingerprint density at radius 3 is 2.11 bits per heavy atom. The molecule has 0 saturated carbocycles. The van der Waals surface area contributed by atoms with E-state index in [1.165, 1.54) is 0 Å². The van der Waals surface area contributed by atoms with Crippen LogP contribution in [0.25, 0.3) is 0 Å². The average Bonchev–Trinajstić information content (AvgIpc) is 2.64. The first kappa shape index (κ1) is 21.5. The fraction of sp³-hybridized carbons (Fsp3) is 0.647. The first-order valence-corrected chi connectivity index (χ1v) is 8.45. The molecular weight excluding hydrogens is 364 g/mol. The van der Waals surface area contributed by atoms with Gasteiger partial charge in [-0.2, -0.15) is 13.2 Å². The van der Waals surface area contributed by atoms with Gasteiger partial charge >= 0.3 is 19.4 Å². The van der Waals surface area contributed by atoms with Gasteiger partial charge in [0.25, 0.3) is 0 Å². The van der Waals surface area contributed by atoms with Crippen molar-refractivity contribution in [1.29, 1.82) is 0 Å². The second-order valence-corrected chi connectivity index (χ2v) is 8.46. The Balaban J connectivity index is 2.34. The van der Waals surface area contributed by atoms with Gasteiger partial charge in [-0.1, -0.05) is 0 Å². The number of rotatable bonds is 2. The highest BCUT2D eigenvalue weighted by Crippen LogP contribution is 2.38. The first-order valence-electron chi connectivity index (χ1n) is 8.45. The number of carbonyl (C=O) groups is 1. The van der Waals surface area contributed by atoms with E-state index in [4.69, 9.17) is 14.0 Å². The highest BCUT2D eigenvalue weighted by molar-refractivity contribution is 6.62. The van der Waals surface area contributed by atoms with Crippen molar-refractivity contribution in [3.8, 4) is 5.88 Å². The van der Waals surface area contributed by atoms with Crippen molar-refractivity contribution in [2.45, 2.75) is 71.4 Å². The van der Waals surface area contributed by atoms with Crippen molar-refractivity contribution in [1.82, 2.24) is 10.3 Å². The van der Waals surface area contributed by atoms with Gasteiger partial charge in [-0.05, 0) is 48.5 Å². The van der Waals surface area contributed by atoms with E-state index >= 15 is 0 Å². The standard InChI is InChI=1S/C17H24BF3N2O4/c1-14(2,3)23-13(24)25-12-8-10(17(19,20)21)11(9-22-12)18-26-15(4,5)16(6,7)27-18/h8-9H,1-7H3,(H,23,24). The largest absolute Gasteiger partial charge is 0.497 e. The number of alkyl halides is 3. The summed E-state index contributed by atoms with van der Waals surface area (Å²) in [4.78, 5) is 15.6. The molecule has 2 heterocycles. The minimum atomic E-state index is -4.71. The number of hydrogen-bond acceptors (Lipinski definition) is 5. The molecule has 0 radical (unpaired) electrons. The molecule has 10 heteroatoms. The van der Waals surface area contributed by atoms with Crippen LogP contribution in [0.1, 0.15) is 54.0 Å². The number of halogens is 3. The van der Waals surface area contributed by atoms with Gasteiger partial charge in [0.2, 0.25) is 5.88 Å². The highest BCUT2D eigenvalue weighted by atomic mass is 19.4. The second-order valence-electron chi connectivity index (χ2n) is 8.46. The third kappa shape index (κ3) is 4.92. The molecule has 1 aliphatic rings. The lowest BCUT2D eigenvalue weighted by Gasteiger charge is -2.32. The lowest BCUT2D eigenvalue weighted by molar-refractivity contribution is -0.137. The van der Waals surface area contributed by atoms with Gasteiger partial charge in [-0.15, -0.1) is 0 Å². The summed E-state index contributed by atoms with van der Waals surface area (Å²) in [6.45, 7) is 12.1. The molecule has 1 aromatic rings. The van der Waals surface area contributed by atoms with Crippen molar-refractivity contribution in [2.75, 3.05) is 0 Å². The zero-order chi connectivity index (χ0) is 20.8. The van der Waals surface area contributed by atoms with E-state index in [9.17, 15) is 18.0 Å². The monoisotopic (exact) mass is 388 g/mol. The van der Waals surface area contributed by atoms with Crippen LogP contribution in [-0.2, 0) is 15.5 Å². The summed E-state index contributed by atoms with van der Waals surface area (Å²) in [5.74, 6) is -0.468. The predicted molar refractivity (Wildman–Crippen MR) is 93.9 cm³/mol. The molecule has 1 aromatic heterocycles. The molecule has 0 aromatic carbocycles. The van der Waals surface area contributed by atoms with Crippen LogP contribution in [0.5, 0.6) is 5.88 Å². The number of amides is 1. The quantitative estimate of drug-likeness (QED) is 0.788. The average molecular weight is 388 g/mol. The Hall–Kier alpha value is -1.81. The Morgan fingerprint density at radius 1 is 1.15 bits per heavy atom. The van der Waals surface area contributed by atoms with E-state index < -0.39 is 47.6 Å². The van der Waals surface area contributed by atoms with Crippen molar-refractivity contribution in [3.63, 3.8) is 0 Å². The summed E-state index contributed by atoms with van der Waals surface area (Å²) < 4.78 is 57.0. The first-order chi connectivity index (χ1) is 12.0. The number of carbonyl (C=O) groups excluding carboxylic acids is 1. The van der Waals surface area contributed by atoms with Gasteiger partial charge in [0.1, 0.15) is 0 Å². The zero-order valence-electron chi connectivity index (χ0n) is 16.4. The number of nitrogens with zero attached hydrogens (tertiary/aromatic N) is 1. The minimum Gasteiger partial charge on any atom is -0.399 e. The van der Waals surface area contributed by atoms with Crippen molar-refractivity contribution < 1.29 is 32.0 Å². The zero-order valence-corrected chi connectivity index (χ0v) is 16.4. The topological polar surface area (TPSA) is 69.7 Å². The fourth-order valence-electron chi connectivity index (χ4n) is 2.33. The summed E-state index contributed by atoms with van der Waals surface area (Å²) in [5, 5.41) is 2.49. The second kappa shape index (κ2) is 6.66. The molecule has 150 valence electrons. The molecule has 1 aliphatic heterocycles. The van der Waals surface area contributed by atoms with Gasteiger partial charge in [-0.25, -0.2) is 9.78 Å². The molecular formula is C17H24BF3N2O4. The van der Waals surface area contributed by atoms with E-state index in [-0.39, 0.29) is 5.46 Å². The van der Waals surface area contributed by atoms with E-state index in [1.54, 1.807) is 48.5 Å². The fourth-order valence-corrected chi connectivity index (χ4v) is 2.33. The molecule has 0 atom stereocenters. The number of ether oxygens (including phenoxy) is 1. The van der Waals surface area contributed by atoms with Gasteiger partial charge in [0, 0.05) is 23.3 Å². The predicted octanol–water partition coefficient (Wildman–Crippen LogP) is 3.29. The Kier molecular flexibility index (Phi) is 5.31. The third-order valence-corrected chi connectivity index (χ3v) is 4.40. The SMILES string of the molecule is CC(C)(C)NC(=O)Oc1cc(C(F)(F)F)c(B2OC(C)(C)C(C)(C)O2)cn1. The van der Waals surface area contributed by atoms with Gasteiger partial charge in [-0.3, -0.25) is 0 Å². The molecule has 6 nitrogen and oxygen atoms in total. The van der Waals surface area contributed by atoms with Crippen LogP contribution >= 0.6 is 0 Å². The molecule has 1 N–H and O–H groups in total. The lowest BCUT2D eigenvalue weighted by Crippen LogP contribution is -2.42. The van der Waals surface area contributed by atoms with Gasteiger partial charge in [0.05, 0.1) is 16.8 Å². The Morgan fingerprint density at radius 2 is 1.67 bits per heavy atom. The lowest BCUT2D eigenvalue weighted by atomic mass is 9.77. The third-order valence-electron chi connectivity index (χ3n) is 4.40.